The molecule has 0 aromatic heterocycles. The number of fused-ring (bicyclic) bond motifs is 3. The van der Waals surface area contributed by atoms with Crippen LogP contribution in [0.5, 0.6) is 17.2 Å². The number of benzene rings is 2. The predicted octanol–water partition coefficient (Wildman–Crippen LogP) is 2.70. The minimum atomic E-state index is -0.601. The van der Waals surface area contributed by atoms with E-state index in [1.807, 2.05) is 24.3 Å². The van der Waals surface area contributed by atoms with Crippen LogP contribution in [0.4, 0.5) is 9.59 Å². The molecule has 2 heterocycles. The number of ether oxygens (including phenoxy) is 4. The molecule has 2 aromatic rings. The van der Waals surface area contributed by atoms with Crippen LogP contribution in [0.1, 0.15) is 16.7 Å². The molecule has 1 unspecified atom stereocenters. The number of methoxy groups -OCH3 is 1. The summed E-state index contributed by atoms with van der Waals surface area (Å²) in [6.07, 6.45) is -0.359. The first-order valence-electron chi connectivity index (χ1n) is 9.76. The van der Waals surface area contributed by atoms with E-state index < -0.39 is 12.2 Å². The van der Waals surface area contributed by atoms with Gasteiger partial charge in [-0.1, -0.05) is 17.7 Å². The summed E-state index contributed by atoms with van der Waals surface area (Å²) in [7, 11) is 1.28. The van der Waals surface area contributed by atoms with Crippen LogP contribution >= 0.6 is 0 Å². The van der Waals surface area contributed by atoms with Gasteiger partial charge in [0.05, 0.1) is 12.5 Å². The molecule has 8 heteroatoms. The zero-order valence-electron chi connectivity index (χ0n) is 16.9. The number of nitrogens with one attached hydrogen (secondary N) is 2. The number of aryl methyl sites for hydroxylation is 1. The molecule has 158 valence electrons. The maximum absolute atomic E-state index is 12.1. The van der Waals surface area contributed by atoms with Gasteiger partial charge in [0.2, 0.25) is 0 Å². The molecule has 0 saturated carbocycles. The normalized spacial score (nSPS) is 18.5. The van der Waals surface area contributed by atoms with Gasteiger partial charge in [-0.2, -0.15) is 0 Å². The summed E-state index contributed by atoms with van der Waals surface area (Å²) in [5.41, 5.74) is 3.01. The van der Waals surface area contributed by atoms with Crippen molar-refractivity contribution >= 4 is 12.2 Å². The van der Waals surface area contributed by atoms with Crippen molar-refractivity contribution in [3.63, 3.8) is 0 Å². The Labute approximate surface area is 174 Å². The Bertz CT molecular complexity index is 976. The lowest BCUT2D eigenvalue weighted by molar-refractivity contribution is 0.153. The van der Waals surface area contributed by atoms with Gasteiger partial charge in [-0.25, -0.2) is 9.59 Å². The van der Waals surface area contributed by atoms with Crippen molar-refractivity contribution in [3.05, 3.63) is 53.1 Å². The zero-order chi connectivity index (χ0) is 21.1. The Hall–Kier alpha value is -3.42. The molecular formula is C22H24N2O6. The van der Waals surface area contributed by atoms with Crippen LogP contribution in [0.3, 0.4) is 0 Å². The molecule has 2 aliphatic rings. The highest BCUT2D eigenvalue weighted by molar-refractivity contribution is 5.71. The fourth-order valence-corrected chi connectivity index (χ4v) is 3.84. The summed E-state index contributed by atoms with van der Waals surface area (Å²) in [6.45, 7) is 3.54. The third kappa shape index (κ3) is 3.98. The molecule has 2 N–H and O–H groups in total. The van der Waals surface area contributed by atoms with E-state index in [0.29, 0.717) is 19.0 Å². The van der Waals surface area contributed by atoms with Gasteiger partial charge >= 0.3 is 12.2 Å². The molecule has 1 spiro atoms. The topological polar surface area (TPSA) is 95.1 Å². The van der Waals surface area contributed by atoms with Crippen LogP contribution in [0.25, 0.3) is 0 Å². The number of carbonyl (C=O) groups excluding carboxylic acids is 2. The number of hydrogen-bond donors (Lipinski definition) is 2. The molecule has 0 aliphatic carbocycles. The van der Waals surface area contributed by atoms with Gasteiger partial charge in [0.15, 0.2) is 0 Å². The lowest BCUT2D eigenvalue weighted by Gasteiger charge is -2.34. The number of hydrogen-bond acceptors (Lipinski definition) is 6. The van der Waals surface area contributed by atoms with Gasteiger partial charge < -0.3 is 29.6 Å². The second kappa shape index (κ2) is 8.14. The Morgan fingerprint density at radius 1 is 1.00 bits per heavy atom. The number of carbonyl (C=O) groups is 2. The average Bonchev–Trinajstić information content (AvgIpc) is 3.08. The number of alkyl carbamates (subject to hydrolysis) is 1. The van der Waals surface area contributed by atoms with E-state index in [4.69, 9.17) is 14.2 Å². The third-order valence-corrected chi connectivity index (χ3v) is 5.33. The van der Waals surface area contributed by atoms with Crippen LogP contribution < -0.4 is 24.8 Å². The highest BCUT2D eigenvalue weighted by Gasteiger charge is 2.45. The lowest BCUT2D eigenvalue weighted by atomic mass is 9.76. The minimum Gasteiger partial charge on any atom is -0.492 e. The van der Waals surface area contributed by atoms with Crippen LogP contribution in [0.15, 0.2) is 36.4 Å². The van der Waals surface area contributed by atoms with Crippen molar-refractivity contribution in [1.82, 2.24) is 10.6 Å². The summed E-state index contributed by atoms with van der Waals surface area (Å²) in [5.74, 6) is 2.11. The molecule has 8 nitrogen and oxygen atoms in total. The van der Waals surface area contributed by atoms with Crippen LogP contribution in [0.2, 0.25) is 0 Å². The molecular weight excluding hydrogens is 388 g/mol. The Morgan fingerprint density at radius 2 is 1.70 bits per heavy atom. The minimum absolute atomic E-state index is 0.218. The third-order valence-electron chi connectivity index (χ3n) is 5.33. The second-order valence-corrected chi connectivity index (χ2v) is 7.54. The predicted molar refractivity (Wildman–Crippen MR) is 108 cm³/mol. The number of amides is 2. The summed E-state index contributed by atoms with van der Waals surface area (Å²) in [6, 6.07) is 11.6. The van der Waals surface area contributed by atoms with E-state index in [1.54, 1.807) is 6.07 Å². The molecule has 0 radical (unpaired) electrons. The average molecular weight is 412 g/mol. The van der Waals surface area contributed by atoms with Gasteiger partial charge in [0.25, 0.3) is 0 Å². The molecule has 0 saturated heterocycles. The van der Waals surface area contributed by atoms with E-state index in [1.165, 1.54) is 12.7 Å². The van der Waals surface area contributed by atoms with E-state index in [-0.39, 0.29) is 18.5 Å². The smallest absolute Gasteiger partial charge is 0.412 e. The van der Waals surface area contributed by atoms with Crippen molar-refractivity contribution in [2.75, 3.05) is 33.4 Å². The molecule has 0 bridgehead atoms. The molecule has 2 amide bonds. The van der Waals surface area contributed by atoms with Crippen molar-refractivity contribution in [2.45, 2.75) is 18.8 Å². The largest absolute Gasteiger partial charge is 0.492 e. The highest BCUT2D eigenvalue weighted by Crippen LogP contribution is 2.46. The van der Waals surface area contributed by atoms with E-state index >= 15 is 0 Å². The molecule has 1 atom stereocenters. The quantitative estimate of drug-likeness (QED) is 0.750. The van der Waals surface area contributed by atoms with Crippen molar-refractivity contribution in [1.29, 1.82) is 0 Å². The Kier molecular flexibility index (Phi) is 5.39. The standard InChI is InChI=1S/C22H24N2O6/c1-14-3-5-18-15(9-14)11-22(12-28-18)13-29-19-6-4-16(10-17(19)22)30-21(26)24-8-7-23-20(25)27-2/h3-6,9-10H,7-8,11-13H2,1-2H3,(H,23,25)(H,24,26). The molecule has 4 rings (SSSR count). The van der Waals surface area contributed by atoms with Crippen molar-refractivity contribution in [3.8, 4) is 17.2 Å². The molecule has 0 fully saturated rings. The first kappa shape index (κ1) is 19.9. The summed E-state index contributed by atoms with van der Waals surface area (Å²) in [4.78, 5) is 23.1. The van der Waals surface area contributed by atoms with Gasteiger partial charge in [-0.05, 0) is 43.2 Å². The second-order valence-electron chi connectivity index (χ2n) is 7.54. The van der Waals surface area contributed by atoms with Gasteiger partial charge in [-0.3, -0.25) is 0 Å². The van der Waals surface area contributed by atoms with Crippen molar-refractivity contribution < 1.29 is 28.5 Å². The Balaban J connectivity index is 1.43. The monoisotopic (exact) mass is 412 g/mol. The van der Waals surface area contributed by atoms with Gasteiger partial charge in [-0.15, -0.1) is 0 Å². The number of rotatable bonds is 4. The first-order chi connectivity index (χ1) is 14.5. The summed E-state index contributed by atoms with van der Waals surface area (Å²) in [5, 5.41) is 5.06. The fourth-order valence-electron chi connectivity index (χ4n) is 3.84. The first-order valence-corrected chi connectivity index (χ1v) is 9.76. The lowest BCUT2D eigenvalue weighted by Crippen LogP contribution is -2.40. The van der Waals surface area contributed by atoms with Crippen LogP contribution in [0, 0.1) is 6.92 Å². The van der Waals surface area contributed by atoms with E-state index in [9.17, 15) is 9.59 Å². The molecule has 30 heavy (non-hydrogen) atoms. The van der Waals surface area contributed by atoms with Crippen molar-refractivity contribution in [2.24, 2.45) is 0 Å². The van der Waals surface area contributed by atoms with E-state index in [2.05, 4.69) is 28.4 Å². The zero-order valence-corrected chi connectivity index (χ0v) is 16.9. The fraction of sp³-hybridized carbons (Fsp3) is 0.364. The molecule has 2 aromatic carbocycles. The van der Waals surface area contributed by atoms with Crippen LogP contribution in [-0.4, -0.2) is 45.6 Å². The highest BCUT2D eigenvalue weighted by atomic mass is 16.6. The van der Waals surface area contributed by atoms with E-state index in [0.717, 1.165) is 29.0 Å². The summed E-state index contributed by atoms with van der Waals surface area (Å²) < 4.78 is 21.8. The maximum Gasteiger partial charge on any atom is 0.412 e. The Morgan fingerprint density at radius 3 is 2.47 bits per heavy atom. The maximum atomic E-state index is 12.1. The summed E-state index contributed by atoms with van der Waals surface area (Å²) >= 11 is 0. The van der Waals surface area contributed by atoms with Gasteiger partial charge in [0, 0.05) is 18.7 Å². The molecule has 2 aliphatic heterocycles. The van der Waals surface area contributed by atoms with Gasteiger partial charge in [0.1, 0.15) is 30.5 Å². The van der Waals surface area contributed by atoms with Crippen LogP contribution in [-0.2, 0) is 16.6 Å². The SMILES string of the molecule is COC(=O)NCCNC(=O)Oc1ccc2c(c1)C1(COc3ccc(C)cc3C1)CO2.